The largest absolute Gasteiger partial charge is 0.294 e. The van der Waals surface area contributed by atoms with Gasteiger partial charge >= 0.3 is 0 Å². The highest BCUT2D eigenvalue weighted by molar-refractivity contribution is 6.06. The first kappa shape index (κ1) is 16.5. The zero-order chi connectivity index (χ0) is 17.9. The summed E-state index contributed by atoms with van der Waals surface area (Å²) in [5.41, 5.74) is 3.65. The van der Waals surface area contributed by atoms with Gasteiger partial charge in [-0.3, -0.25) is 14.5 Å². The van der Waals surface area contributed by atoms with E-state index < -0.39 is 0 Å². The molecule has 0 aromatic heterocycles. The van der Waals surface area contributed by atoms with Crippen molar-refractivity contribution in [1.29, 1.82) is 0 Å². The quantitative estimate of drug-likeness (QED) is 0.806. The van der Waals surface area contributed by atoms with Crippen LogP contribution in [-0.4, -0.2) is 11.7 Å². The fourth-order valence-electron chi connectivity index (χ4n) is 3.86. The van der Waals surface area contributed by atoms with Crippen molar-refractivity contribution in [2.75, 3.05) is 4.90 Å². The van der Waals surface area contributed by atoms with Crippen LogP contribution >= 0.6 is 0 Å². The summed E-state index contributed by atoms with van der Waals surface area (Å²) in [6.07, 6.45) is 6.53. The van der Waals surface area contributed by atoms with Gasteiger partial charge in [0.1, 0.15) is 0 Å². The Morgan fingerprint density at radius 1 is 0.885 bits per heavy atom. The molecular formula is C23H21NO2. The van der Waals surface area contributed by atoms with Crippen LogP contribution in [0.5, 0.6) is 0 Å². The van der Waals surface area contributed by atoms with Gasteiger partial charge in [0, 0.05) is 35.7 Å². The van der Waals surface area contributed by atoms with Gasteiger partial charge in [-0.25, -0.2) is 0 Å². The second-order valence-electron chi connectivity index (χ2n) is 6.78. The second kappa shape index (κ2) is 7.12. The first-order chi connectivity index (χ1) is 12.7. The maximum absolute atomic E-state index is 12.9. The topological polar surface area (TPSA) is 37.4 Å². The summed E-state index contributed by atoms with van der Waals surface area (Å²) in [7, 11) is 0. The Morgan fingerprint density at radius 2 is 1.58 bits per heavy atom. The third-order valence-electron chi connectivity index (χ3n) is 5.05. The number of para-hydroxylation sites is 1. The molecule has 0 N–H and O–H groups in total. The molecule has 1 aliphatic carbocycles. The minimum Gasteiger partial charge on any atom is -0.294 e. The smallest absolute Gasteiger partial charge is 0.232 e. The van der Waals surface area contributed by atoms with E-state index in [1.165, 1.54) is 0 Å². The van der Waals surface area contributed by atoms with Crippen molar-refractivity contribution in [3.63, 3.8) is 0 Å². The molecule has 0 spiro atoms. The lowest BCUT2D eigenvalue weighted by atomic mass is 9.80. The third kappa shape index (κ3) is 3.13. The van der Waals surface area contributed by atoms with Crippen LogP contribution in [0.4, 0.5) is 5.69 Å². The maximum atomic E-state index is 12.9. The minimum absolute atomic E-state index is 0.0624. The summed E-state index contributed by atoms with van der Waals surface area (Å²) in [4.78, 5) is 27.4. The van der Waals surface area contributed by atoms with Crippen molar-refractivity contribution in [2.45, 2.75) is 25.7 Å². The molecule has 1 unspecified atom stereocenters. The molecule has 0 bridgehead atoms. The molecule has 3 heteroatoms. The average Bonchev–Trinajstić information content (AvgIpc) is 2.67. The average molecular weight is 343 g/mol. The first-order valence-corrected chi connectivity index (χ1v) is 9.11. The Balaban J connectivity index is 1.74. The zero-order valence-corrected chi connectivity index (χ0v) is 14.6. The number of rotatable bonds is 3. The molecule has 2 aromatic rings. The van der Waals surface area contributed by atoms with E-state index in [1.54, 1.807) is 4.90 Å². The highest BCUT2D eigenvalue weighted by Gasteiger charge is 2.37. The van der Waals surface area contributed by atoms with Crippen molar-refractivity contribution >= 4 is 23.5 Å². The van der Waals surface area contributed by atoms with Crippen LogP contribution in [0, 0.1) is 5.92 Å². The van der Waals surface area contributed by atoms with E-state index in [4.69, 9.17) is 0 Å². The summed E-state index contributed by atoms with van der Waals surface area (Å²) in [5, 5.41) is 0. The molecule has 1 heterocycles. The van der Waals surface area contributed by atoms with Crippen molar-refractivity contribution in [3.8, 4) is 0 Å². The molecule has 4 rings (SSSR count). The highest BCUT2D eigenvalue weighted by Crippen LogP contribution is 2.39. The van der Waals surface area contributed by atoms with E-state index in [2.05, 4.69) is 0 Å². The molecule has 0 saturated heterocycles. The number of anilines is 1. The molecule has 2 aromatic carbocycles. The molecule has 0 saturated carbocycles. The van der Waals surface area contributed by atoms with Crippen LogP contribution in [0.3, 0.4) is 0 Å². The summed E-state index contributed by atoms with van der Waals surface area (Å²) >= 11 is 0. The van der Waals surface area contributed by atoms with Gasteiger partial charge in [0.05, 0.1) is 0 Å². The fourth-order valence-corrected chi connectivity index (χ4v) is 3.86. The monoisotopic (exact) mass is 343 g/mol. The molecule has 0 radical (unpaired) electrons. The summed E-state index contributed by atoms with van der Waals surface area (Å²) < 4.78 is 0. The van der Waals surface area contributed by atoms with Gasteiger partial charge in [-0.1, -0.05) is 60.7 Å². The van der Waals surface area contributed by atoms with E-state index in [9.17, 15) is 9.59 Å². The van der Waals surface area contributed by atoms with E-state index in [0.29, 0.717) is 12.8 Å². The molecule has 130 valence electrons. The standard InChI is InChI=1S/C23H21NO2/c25-21-13-7-12-20-23(21)18(15-14-17-8-3-1-4-9-17)16-22(26)24(20)19-10-5-2-6-11-19/h1-6,8-11,14-15,18H,7,12-13,16H2/b15-14+. The summed E-state index contributed by atoms with van der Waals surface area (Å²) in [5.74, 6) is 0.111. The van der Waals surface area contributed by atoms with E-state index in [0.717, 1.165) is 35.4 Å². The maximum Gasteiger partial charge on any atom is 0.232 e. The molecule has 0 fully saturated rings. The Bertz CT molecular complexity index is 881. The molecule has 26 heavy (non-hydrogen) atoms. The molecule has 1 amide bonds. The van der Waals surface area contributed by atoms with E-state index >= 15 is 0 Å². The van der Waals surface area contributed by atoms with Crippen molar-refractivity contribution in [3.05, 3.63) is 83.6 Å². The highest BCUT2D eigenvalue weighted by atomic mass is 16.2. The molecular weight excluding hydrogens is 322 g/mol. The number of ketones is 1. The van der Waals surface area contributed by atoms with E-state index in [-0.39, 0.29) is 17.6 Å². The van der Waals surface area contributed by atoms with Crippen molar-refractivity contribution in [2.24, 2.45) is 5.92 Å². The summed E-state index contributed by atoms with van der Waals surface area (Å²) in [6, 6.07) is 19.6. The van der Waals surface area contributed by atoms with Gasteiger partial charge in [0.25, 0.3) is 0 Å². The normalized spacial score (nSPS) is 20.6. The number of carbonyl (C=O) groups is 2. The fraction of sp³-hybridized carbons (Fsp3) is 0.217. The minimum atomic E-state index is -0.134. The number of allylic oxidation sites excluding steroid dienone is 3. The number of carbonyl (C=O) groups excluding carboxylic acids is 2. The van der Waals surface area contributed by atoms with Crippen LogP contribution in [0.2, 0.25) is 0 Å². The zero-order valence-electron chi connectivity index (χ0n) is 14.6. The van der Waals surface area contributed by atoms with Crippen LogP contribution < -0.4 is 4.90 Å². The van der Waals surface area contributed by atoms with Gasteiger partial charge in [0.15, 0.2) is 5.78 Å². The Labute approximate surface area is 153 Å². The Kier molecular flexibility index (Phi) is 4.53. The van der Waals surface area contributed by atoms with Gasteiger partial charge in [0.2, 0.25) is 5.91 Å². The molecule has 3 nitrogen and oxygen atoms in total. The number of amides is 1. The van der Waals surface area contributed by atoms with Gasteiger partial charge in [-0.2, -0.15) is 0 Å². The summed E-state index contributed by atoms with van der Waals surface area (Å²) in [6.45, 7) is 0. The lowest BCUT2D eigenvalue weighted by Crippen LogP contribution is -2.40. The van der Waals surface area contributed by atoms with Crippen molar-refractivity contribution < 1.29 is 9.59 Å². The number of Topliss-reactive ketones (excluding diaryl/α,β-unsaturated/α-hetero) is 1. The Hall–Kier alpha value is -2.94. The lowest BCUT2D eigenvalue weighted by Gasteiger charge is -2.37. The van der Waals surface area contributed by atoms with E-state index in [1.807, 2.05) is 72.8 Å². The Morgan fingerprint density at radius 3 is 2.31 bits per heavy atom. The van der Waals surface area contributed by atoms with Crippen LogP contribution in [0.15, 0.2) is 78.0 Å². The predicted octanol–water partition coefficient (Wildman–Crippen LogP) is 4.76. The first-order valence-electron chi connectivity index (χ1n) is 9.11. The van der Waals surface area contributed by atoms with Crippen LogP contribution in [0.25, 0.3) is 6.08 Å². The predicted molar refractivity (Wildman–Crippen MR) is 103 cm³/mol. The molecule has 1 aliphatic heterocycles. The van der Waals surface area contributed by atoms with Crippen molar-refractivity contribution in [1.82, 2.24) is 0 Å². The lowest BCUT2D eigenvalue weighted by molar-refractivity contribution is -0.120. The third-order valence-corrected chi connectivity index (χ3v) is 5.05. The number of nitrogens with zero attached hydrogens (tertiary/aromatic N) is 1. The van der Waals surface area contributed by atoms with Gasteiger partial charge in [-0.15, -0.1) is 0 Å². The number of benzene rings is 2. The SMILES string of the molecule is O=C1CCCC2=C1C(/C=C/c1ccccc1)CC(=O)N2c1ccccc1. The van der Waals surface area contributed by atoms with Gasteiger partial charge < -0.3 is 0 Å². The number of hydrogen-bond donors (Lipinski definition) is 0. The number of hydrogen-bond acceptors (Lipinski definition) is 2. The van der Waals surface area contributed by atoms with Gasteiger partial charge in [-0.05, 0) is 30.5 Å². The molecule has 1 atom stereocenters. The molecule has 2 aliphatic rings. The van der Waals surface area contributed by atoms with Crippen LogP contribution in [0.1, 0.15) is 31.2 Å². The van der Waals surface area contributed by atoms with Crippen LogP contribution in [-0.2, 0) is 9.59 Å². The second-order valence-corrected chi connectivity index (χ2v) is 6.78.